The number of aromatic nitrogens is 1. The number of carbonyl (C=O) groups is 4. The molecule has 4 N–H and O–H groups in total. The first-order valence-electron chi connectivity index (χ1n) is 15.1. The Bertz CT molecular complexity index is 1770. The van der Waals surface area contributed by atoms with Gasteiger partial charge >= 0.3 is 18.1 Å². The number of alkyl halides is 3. The SMILES string of the molecule is Nc1ncccc1OCCCCc1ccc2c(c1)C(=O)N(C(CC(=O)O)c1ccccc1)CC(=O)N2c1ccccc1.O=C(O)C(F)(F)F. The van der Waals surface area contributed by atoms with Crippen molar-refractivity contribution < 1.29 is 47.3 Å². The Morgan fingerprint density at radius 2 is 1.57 bits per heavy atom. The number of aliphatic carboxylic acids is 2. The van der Waals surface area contributed by atoms with Crippen molar-refractivity contribution in [3.63, 3.8) is 0 Å². The zero-order chi connectivity index (χ0) is 35.6. The summed E-state index contributed by atoms with van der Waals surface area (Å²) >= 11 is 0. The second-order valence-corrected chi connectivity index (χ2v) is 10.9. The number of fused-ring (bicyclic) bond motifs is 1. The van der Waals surface area contributed by atoms with E-state index in [-0.39, 0.29) is 24.8 Å². The summed E-state index contributed by atoms with van der Waals surface area (Å²) in [6.45, 7) is 0.206. The summed E-state index contributed by atoms with van der Waals surface area (Å²) in [6, 6.07) is 26.4. The second kappa shape index (κ2) is 16.3. The van der Waals surface area contributed by atoms with E-state index in [1.165, 1.54) is 4.90 Å². The predicted molar refractivity (Wildman–Crippen MR) is 173 cm³/mol. The van der Waals surface area contributed by atoms with Crippen LogP contribution in [-0.2, 0) is 20.8 Å². The molecule has 1 unspecified atom stereocenters. The topological polar surface area (TPSA) is 163 Å². The normalized spacial score (nSPS) is 13.4. The van der Waals surface area contributed by atoms with Crippen LogP contribution in [0.5, 0.6) is 5.75 Å². The van der Waals surface area contributed by atoms with E-state index in [2.05, 4.69) is 4.98 Å². The number of nitrogen functional groups attached to an aromatic ring is 1. The number of anilines is 3. The number of ether oxygens (including phenoxy) is 1. The van der Waals surface area contributed by atoms with Crippen LogP contribution in [0.2, 0.25) is 0 Å². The standard InChI is InChI=1S/C33H32N4O5.C2HF3O2/c34-32-29(15-9-18-35-32)42-19-8-7-10-23-16-17-27-26(20-23)33(41)36(22-30(38)37(27)25-13-5-2-6-14-25)28(21-31(39)40)24-11-3-1-4-12-24;3-2(4,5)1(6)7/h1-6,9,11-18,20,28H,7-8,10,19,21-22H2,(H2,34,35)(H,39,40);(H,6,7). The van der Waals surface area contributed by atoms with E-state index in [9.17, 15) is 32.7 Å². The fraction of sp³-hybridized carbons (Fsp3) is 0.229. The fourth-order valence-corrected chi connectivity index (χ4v) is 5.18. The van der Waals surface area contributed by atoms with Gasteiger partial charge in [0.2, 0.25) is 0 Å². The number of aryl methyl sites for hydroxylation is 1. The van der Waals surface area contributed by atoms with Gasteiger partial charge < -0.3 is 25.6 Å². The molecule has 0 spiro atoms. The molecule has 0 bridgehead atoms. The van der Waals surface area contributed by atoms with Crippen LogP contribution in [0.3, 0.4) is 0 Å². The third-order valence-electron chi connectivity index (χ3n) is 7.45. The molecule has 14 heteroatoms. The molecule has 2 amide bonds. The number of rotatable bonds is 11. The lowest BCUT2D eigenvalue weighted by Gasteiger charge is -2.30. The first-order chi connectivity index (χ1) is 23.4. The van der Waals surface area contributed by atoms with Gasteiger partial charge in [-0.2, -0.15) is 13.2 Å². The number of hydrogen-bond acceptors (Lipinski definition) is 7. The Kier molecular flexibility index (Phi) is 11.9. The summed E-state index contributed by atoms with van der Waals surface area (Å²) in [4.78, 5) is 55.7. The molecule has 3 aromatic carbocycles. The van der Waals surface area contributed by atoms with Crippen molar-refractivity contribution in [2.75, 3.05) is 23.8 Å². The highest BCUT2D eigenvalue weighted by Crippen LogP contribution is 2.37. The average molecular weight is 679 g/mol. The highest BCUT2D eigenvalue weighted by Gasteiger charge is 2.39. The molecule has 1 aliphatic rings. The molecule has 256 valence electrons. The number of benzene rings is 3. The molecule has 0 saturated carbocycles. The molecule has 1 aliphatic heterocycles. The van der Waals surface area contributed by atoms with Gasteiger partial charge in [0.15, 0.2) is 11.6 Å². The van der Waals surface area contributed by atoms with Crippen LogP contribution in [0.1, 0.15) is 46.8 Å². The van der Waals surface area contributed by atoms with Gasteiger partial charge in [-0.15, -0.1) is 0 Å². The lowest BCUT2D eigenvalue weighted by molar-refractivity contribution is -0.192. The van der Waals surface area contributed by atoms with E-state index in [0.717, 1.165) is 18.4 Å². The van der Waals surface area contributed by atoms with Gasteiger partial charge in [-0.05, 0) is 66.8 Å². The summed E-state index contributed by atoms with van der Waals surface area (Å²) in [6.07, 6.45) is -1.56. The number of nitrogens with two attached hydrogens (primary N) is 1. The first-order valence-corrected chi connectivity index (χ1v) is 15.1. The van der Waals surface area contributed by atoms with Crippen LogP contribution >= 0.6 is 0 Å². The second-order valence-electron chi connectivity index (χ2n) is 10.9. The van der Waals surface area contributed by atoms with Crippen molar-refractivity contribution in [3.05, 3.63) is 114 Å². The molecule has 0 fully saturated rings. The number of amides is 2. The van der Waals surface area contributed by atoms with Crippen molar-refractivity contribution in [1.82, 2.24) is 9.88 Å². The van der Waals surface area contributed by atoms with E-state index in [1.54, 1.807) is 53.6 Å². The summed E-state index contributed by atoms with van der Waals surface area (Å²) in [5.41, 5.74) is 8.89. The van der Waals surface area contributed by atoms with Crippen molar-refractivity contribution in [1.29, 1.82) is 0 Å². The van der Waals surface area contributed by atoms with E-state index >= 15 is 0 Å². The summed E-state index contributed by atoms with van der Waals surface area (Å²) < 4.78 is 37.5. The largest absolute Gasteiger partial charge is 0.490 e. The number of nitrogens with zero attached hydrogens (tertiary/aromatic N) is 3. The van der Waals surface area contributed by atoms with Gasteiger partial charge in [0.05, 0.1) is 30.3 Å². The third kappa shape index (κ3) is 9.56. The summed E-state index contributed by atoms with van der Waals surface area (Å²) in [5, 5.41) is 16.9. The number of halogens is 3. The van der Waals surface area contributed by atoms with E-state index in [0.29, 0.717) is 47.1 Å². The van der Waals surface area contributed by atoms with Crippen LogP contribution in [0, 0.1) is 0 Å². The molecule has 4 aromatic rings. The lowest BCUT2D eigenvalue weighted by Crippen LogP contribution is -2.40. The number of pyridine rings is 1. The maximum atomic E-state index is 14.2. The predicted octanol–water partition coefficient (Wildman–Crippen LogP) is 6.04. The Labute approximate surface area is 279 Å². The monoisotopic (exact) mass is 678 g/mol. The van der Waals surface area contributed by atoms with Gasteiger partial charge in [-0.1, -0.05) is 54.6 Å². The van der Waals surface area contributed by atoms with Gasteiger partial charge in [-0.3, -0.25) is 19.3 Å². The molecule has 5 rings (SSSR count). The molecule has 0 saturated heterocycles. The molecule has 0 radical (unpaired) electrons. The zero-order valence-electron chi connectivity index (χ0n) is 26.0. The van der Waals surface area contributed by atoms with Gasteiger partial charge in [0.25, 0.3) is 11.8 Å². The number of carboxylic acids is 2. The number of carboxylic acid groups (broad SMARTS) is 2. The lowest BCUT2D eigenvalue weighted by atomic mass is 9.99. The molecule has 11 nitrogen and oxygen atoms in total. The van der Waals surface area contributed by atoms with Crippen molar-refractivity contribution in [3.8, 4) is 5.75 Å². The van der Waals surface area contributed by atoms with Crippen LogP contribution in [0.15, 0.2) is 97.2 Å². The fourth-order valence-electron chi connectivity index (χ4n) is 5.18. The molecule has 1 atom stereocenters. The minimum atomic E-state index is -5.08. The molecule has 49 heavy (non-hydrogen) atoms. The number of para-hydroxylation sites is 1. The van der Waals surface area contributed by atoms with Crippen LogP contribution in [0.4, 0.5) is 30.4 Å². The zero-order valence-corrected chi connectivity index (χ0v) is 26.0. The van der Waals surface area contributed by atoms with E-state index < -0.39 is 24.2 Å². The highest BCUT2D eigenvalue weighted by molar-refractivity contribution is 6.13. The van der Waals surface area contributed by atoms with Gasteiger partial charge in [-0.25, -0.2) is 9.78 Å². The van der Waals surface area contributed by atoms with Crippen molar-refractivity contribution in [2.24, 2.45) is 0 Å². The quantitative estimate of drug-likeness (QED) is 0.161. The molecular weight excluding hydrogens is 645 g/mol. The number of carbonyl (C=O) groups excluding carboxylic acids is 2. The Morgan fingerprint density at radius 3 is 2.18 bits per heavy atom. The van der Waals surface area contributed by atoms with Crippen LogP contribution < -0.4 is 15.4 Å². The third-order valence-corrected chi connectivity index (χ3v) is 7.45. The molecule has 1 aromatic heterocycles. The number of unbranched alkanes of at least 4 members (excludes halogenated alkanes) is 1. The Morgan fingerprint density at radius 1 is 0.918 bits per heavy atom. The van der Waals surface area contributed by atoms with Gasteiger partial charge in [0, 0.05) is 11.9 Å². The maximum absolute atomic E-state index is 14.2. The highest BCUT2D eigenvalue weighted by atomic mass is 19.4. The van der Waals surface area contributed by atoms with E-state index in [4.69, 9.17) is 20.4 Å². The average Bonchev–Trinajstić information content (AvgIpc) is 3.18. The van der Waals surface area contributed by atoms with Crippen LogP contribution in [0.25, 0.3) is 0 Å². The van der Waals surface area contributed by atoms with Gasteiger partial charge in [0.1, 0.15) is 6.54 Å². The van der Waals surface area contributed by atoms with Crippen LogP contribution in [-0.4, -0.2) is 63.2 Å². The Balaban J connectivity index is 0.000000698. The van der Waals surface area contributed by atoms with Crippen molar-refractivity contribution in [2.45, 2.75) is 37.9 Å². The smallest absolute Gasteiger partial charge is 0.490 e. The molecule has 0 aliphatic carbocycles. The first kappa shape index (κ1) is 35.9. The minimum Gasteiger partial charge on any atom is -0.490 e. The molecular formula is C35H33F3N4O7. The maximum Gasteiger partial charge on any atom is 0.490 e. The van der Waals surface area contributed by atoms with E-state index in [1.807, 2.05) is 48.5 Å². The minimum absolute atomic E-state index is 0.264. The Hall–Kier alpha value is -5.92. The molecule has 2 heterocycles. The summed E-state index contributed by atoms with van der Waals surface area (Å²) in [5.74, 6) is -3.62. The van der Waals surface area contributed by atoms with Crippen molar-refractivity contribution >= 4 is 40.9 Å². The summed E-state index contributed by atoms with van der Waals surface area (Å²) in [7, 11) is 0. The number of hydrogen-bond donors (Lipinski definition) is 3.